The number of nitrogens with zero attached hydrogens (tertiary/aromatic N) is 1. The van der Waals surface area contributed by atoms with Crippen LogP contribution in [0.4, 0.5) is 5.69 Å². The Bertz CT molecular complexity index is 1020. The first-order valence-electron chi connectivity index (χ1n) is 9.65. The van der Waals surface area contributed by atoms with Crippen LogP contribution in [0.25, 0.3) is 0 Å². The summed E-state index contributed by atoms with van der Waals surface area (Å²) in [6.07, 6.45) is 1.31. The second-order valence-electron chi connectivity index (χ2n) is 7.54. The summed E-state index contributed by atoms with van der Waals surface area (Å²) in [5.41, 5.74) is 2.45. The van der Waals surface area contributed by atoms with Gasteiger partial charge in [0.25, 0.3) is 15.9 Å². The summed E-state index contributed by atoms with van der Waals surface area (Å²) < 4.78 is 39.6. The maximum atomic E-state index is 12.8. The number of hydrogen-bond acceptors (Lipinski definition) is 5. The molecule has 2 aliphatic heterocycles. The lowest BCUT2D eigenvalue weighted by atomic mass is 10.1. The van der Waals surface area contributed by atoms with Gasteiger partial charge in [0, 0.05) is 24.8 Å². The van der Waals surface area contributed by atoms with Crippen LogP contribution in [0.3, 0.4) is 0 Å². The number of amides is 1. The second-order valence-corrected chi connectivity index (χ2v) is 9.22. The lowest BCUT2D eigenvalue weighted by molar-refractivity contribution is -0.140. The van der Waals surface area contributed by atoms with Crippen molar-refractivity contribution in [2.45, 2.75) is 37.7 Å². The quantitative estimate of drug-likeness (QED) is 0.828. The number of hydrogen-bond donors (Lipinski definition) is 1. The van der Waals surface area contributed by atoms with E-state index in [-0.39, 0.29) is 17.4 Å². The molecular weight excluding hydrogens is 392 g/mol. The maximum absolute atomic E-state index is 12.8. The summed E-state index contributed by atoms with van der Waals surface area (Å²) in [6, 6.07) is 9.94. The van der Waals surface area contributed by atoms with Crippen LogP contribution in [0.15, 0.2) is 41.3 Å². The van der Waals surface area contributed by atoms with E-state index in [1.807, 2.05) is 19.9 Å². The molecule has 2 aliphatic rings. The highest BCUT2D eigenvalue weighted by molar-refractivity contribution is 7.92. The van der Waals surface area contributed by atoms with Gasteiger partial charge in [-0.2, -0.15) is 0 Å². The number of anilines is 1. The second kappa shape index (κ2) is 7.59. The Morgan fingerprint density at radius 3 is 2.41 bits per heavy atom. The van der Waals surface area contributed by atoms with Gasteiger partial charge in [0.15, 0.2) is 11.5 Å². The molecule has 4 rings (SSSR count). The van der Waals surface area contributed by atoms with Gasteiger partial charge in [-0.15, -0.1) is 0 Å². The molecule has 2 aromatic rings. The Morgan fingerprint density at radius 2 is 1.72 bits per heavy atom. The molecule has 154 valence electrons. The molecule has 1 fully saturated rings. The van der Waals surface area contributed by atoms with Crippen molar-refractivity contribution in [3.05, 3.63) is 47.5 Å². The van der Waals surface area contributed by atoms with Crippen molar-refractivity contribution in [3.8, 4) is 11.5 Å². The largest absolute Gasteiger partial charge is 0.485 e. The topological polar surface area (TPSA) is 84.9 Å². The van der Waals surface area contributed by atoms with Gasteiger partial charge in [-0.1, -0.05) is 6.07 Å². The molecule has 0 saturated carbocycles. The van der Waals surface area contributed by atoms with Crippen LogP contribution in [0, 0.1) is 13.8 Å². The third-order valence-electron chi connectivity index (χ3n) is 5.05. The van der Waals surface area contributed by atoms with Crippen molar-refractivity contribution < 1.29 is 22.7 Å². The molecule has 0 unspecified atom stereocenters. The monoisotopic (exact) mass is 416 g/mol. The third-order valence-corrected chi connectivity index (χ3v) is 6.43. The summed E-state index contributed by atoms with van der Waals surface area (Å²) in [6.45, 7) is 5.37. The summed E-state index contributed by atoms with van der Waals surface area (Å²) in [7, 11) is -3.78. The van der Waals surface area contributed by atoms with Crippen molar-refractivity contribution in [2.24, 2.45) is 0 Å². The minimum absolute atomic E-state index is 0.0658. The lowest BCUT2D eigenvalue weighted by Gasteiger charge is -2.28. The molecule has 1 amide bonds. The van der Waals surface area contributed by atoms with Crippen molar-refractivity contribution in [2.75, 3.05) is 24.4 Å². The Labute approximate surface area is 170 Å². The Balaban J connectivity index is 1.51. The van der Waals surface area contributed by atoms with Crippen LogP contribution in [0.2, 0.25) is 0 Å². The molecule has 0 aromatic heterocycles. The van der Waals surface area contributed by atoms with E-state index < -0.39 is 16.1 Å². The fraction of sp³-hybridized carbons (Fsp3) is 0.381. The van der Waals surface area contributed by atoms with Gasteiger partial charge < -0.3 is 14.4 Å². The van der Waals surface area contributed by atoms with E-state index in [1.54, 1.807) is 17.0 Å². The zero-order chi connectivity index (χ0) is 20.6. The first-order valence-corrected chi connectivity index (χ1v) is 11.1. The highest BCUT2D eigenvalue weighted by Gasteiger charge is 2.33. The number of carbonyl (C=O) groups is 1. The smallest absolute Gasteiger partial charge is 0.267 e. The summed E-state index contributed by atoms with van der Waals surface area (Å²) in [5, 5.41) is 0. The van der Waals surface area contributed by atoms with Crippen molar-refractivity contribution in [1.82, 2.24) is 4.90 Å². The van der Waals surface area contributed by atoms with E-state index in [9.17, 15) is 13.2 Å². The molecule has 2 heterocycles. The molecule has 8 heteroatoms. The van der Waals surface area contributed by atoms with Gasteiger partial charge in [0.2, 0.25) is 6.10 Å². The van der Waals surface area contributed by atoms with Gasteiger partial charge >= 0.3 is 0 Å². The molecule has 7 nitrogen and oxygen atoms in total. The predicted molar refractivity (Wildman–Crippen MR) is 109 cm³/mol. The molecule has 2 aromatic carbocycles. The molecule has 0 radical (unpaired) electrons. The normalized spacial score (nSPS) is 18.6. The van der Waals surface area contributed by atoms with Crippen molar-refractivity contribution >= 4 is 21.6 Å². The molecule has 0 bridgehead atoms. The zero-order valence-corrected chi connectivity index (χ0v) is 17.3. The van der Waals surface area contributed by atoms with Crippen LogP contribution in [-0.4, -0.2) is 45.0 Å². The van der Waals surface area contributed by atoms with E-state index in [1.165, 1.54) is 18.2 Å². The first kappa shape index (κ1) is 19.6. The maximum Gasteiger partial charge on any atom is 0.267 e. The van der Waals surface area contributed by atoms with E-state index in [0.717, 1.165) is 37.1 Å². The Kier molecular flexibility index (Phi) is 5.12. The number of likely N-dealkylation sites (tertiary alicyclic amines) is 1. The molecule has 1 N–H and O–H groups in total. The summed E-state index contributed by atoms with van der Waals surface area (Å²) in [4.78, 5) is 14.4. The number of nitrogens with one attached hydrogen (secondary N) is 1. The fourth-order valence-corrected chi connectivity index (χ4v) is 4.78. The summed E-state index contributed by atoms with van der Waals surface area (Å²) in [5.74, 6) is 0.610. The number of sulfonamides is 1. The minimum atomic E-state index is -3.78. The fourth-order valence-electron chi connectivity index (χ4n) is 3.73. The Morgan fingerprint density at radius 1 is 1.03 bits per heavy atom. The van der Waals surface area contributed by atoms with Gasteiger partial charge in [0.1, 0.15) is 6.61 Å². The van der Waals surface area contributed by atoms with Gasteiger partial charge in [-0.3, -0.25) is 9.52 Å². The van der Waals surface area contributed by atoms with Crippen LogP contribution in [0.1, 0.15) is 24.0 Å². The number of carbonyl (C=O) groups excluding carboxylic acids is 1. The van der Waals surface area contributed by atoms with E-state index in [0.29, 0.717) is 17.2 Å². The van der Waals surface area contributed by atoms with E-state index in [2.05, 4.69) is 4.72 Å². The highest BCUT2D eigenvalue weighted by Crippen LogP contribution is 2.35. The summed E-state index contributed by atoms with van der Waals surface area (Å²) >= 11 is 0. The molecule has 29 heavy (non-hydrogen) atoms. The molecule has 1 saturated heterocycles. The molecular formula is C21H24N2O5S. The van der Waals surface area contributed by atoms with Crippen LogP contribution in [-0.2, 0) is 14.8 Å². The minimum Gasteiger partial charge on any atom is -0.485 e. The molecule has 0 aliphatic carbocycles. The number of benzene rings is 2. The van der Waals surface area contributed by atoms with Crippen molar-refractivity contribution in [1.29, 1.82) is 0 Å². The SMILES string of the molecule is Cc1cc(C)cc(NS(=O)(=O)c2ccc3c(c2)OC[C@H](C(=O)N2CCCC2)O3)c1. The van der Waals surface area contributed by atoms with Gasteiger partial charge in [0.05, 0.1) is 4.90 Å². The average molecular weight is 416 g/mol. The van der Waals surface area contributed by atoms with Crippen LogP contribution in [0.5, 0.6) is 11.5 Å². The lowest BCUT2D eigenvalue weighted by Crippen LogP contribution is -2.45. The number of aryl methyl sites for hydroxylation is 2. The zero-order valence-electron chi connectivity index (χ0n) is 16.5. The van der Waals surface area contributed by atoms with Gasteiger partial charge in [-0.05, 0) is 62.1 Å². The van der Waals surface area contributed by atoms with E-state index >= 15 is 0 Å². The molecule has 1 atom stereocenters. The highest BCUT2D eigenvalue weighted by atomic mass is 32.2. The average Bonchev–Trinajstić information content (AvgIpc) is 3.20. The molecule has 0 spiro atoms. The van der Waals surface area contributed by atoms with Crippen LogP contribution >= 0.6 is 0 Å². The predicted octanol–water partition coefficient (Wildman–Crippen LogP) is 2.87. The van der Waals surface area contributed by atoms with Crippen molar-refractivity contribution in [3.63, 3.8) is 0 Å². The van der Waals surface area contributed by atoms with Crippen LogP contribution < -0.4 is 14.2 Å². The van der Waals surface area contributed by atoms with Gasteiger partial charge in [-0.25, -0.2) is 8.42 Å². The first-order chi connectivity index (χ1) is 13.8. The standard InChI is InChI=1S/C21H24N2O5S/c1-14-9-15(2)11-16(10-14)22-29(25,26)17-5-6-18-19(12-17)27-13-20(28-18)21(24)23-7-3-4-8-23/h5-6,9-12,20,22H,3-4,7-8,13H2,1-2H3/t20-/m1/s1. The Hall–Kier alpha value is -2.74. The number of ether oxygens (including phenoxy) is 2. The number of fused-ring (bicyclic) bond motifs is 1. The number of rotatable bonds is 4. The third kappa shape index (κ3) is 4.17. The van der Waals surface area contributed by atoms with E-state index in [4.69, 9.17) is 9.47 Å².